The zero-order valence-electron chi connectivity index (χ0n) is 18.0. The summed E-state index contributed by atoms with van der Waals surface area (Å²) in [6.07, 6.45) is 3.78. The summed E-state index contributed by atoms with van der Waals surface area (Å²) in [5.74, 6) is -0.766. The molecule has 1 aromatic heterocycles. The van der Waals surface area contributed by atoms with Crippen LogP contribution in [0, 0.1) is 0 Å². The van der Waals surface area contributed by atoms with Crippen molar-refractivity contribution in [2.75, 3.05) is 0 Å². The van der Waals surface area contributed by atoms with Crippen LogP contribution in [0.25, 0.3) is 17.0 Å². The largest absolute Gasteiger partial charge is 0.342 e. The molecule has 1 fully saturated rings. The molecule has 9 heteroatoms. The van der Waals surface area contributed by atoms with Crippen molar-refractivity contribution in [2.45, 2.75) is 6.54 Å². The van der Waals surface area contributed by atoms with E-state index in [1.165, 1.54) is 0 Å². The first-order valence-corrected chi connectivity index (χ1v) is 12.4. The van der Waals surface area contributed by atoms with Crippen LogP contribution in [-0.4, -0.2) is 21.5 Å². The van der Waals surface area contributed by atoms with E-state index in [9.17, 15) is 9.59 Å². The Bertz CT molecular complexity index is 1540. The first kappa shape index (κ1) is 23.7. The summed E-state index contributed by atoms with van der Waals surface area (Å²) < 4.78 is 2.08. The molecule has 0 bridgehead atoms. The highest BCUT2D eigenvalue weighted by molar-refractivity contribution is 8.18. The number of para-hydroxylation sites is 1. The average molecular weight is 541 g/mol. The molecule has 0 aliphatic carbocycles. The van der Waals surface area contributed by atoms with Crippen LogP contribution in [0.3, 0.4) is 0 Å². The summed E-state index contributed by atoms with van der Waals surface area (Å²) in [6.45, 7) is 0.543. The molecular weight excluding hydrogens is 525 g/mol. The van der Waals surface area contributed by atoms with Gasteiger partial charge in [-0.1, -0.05) is 59.1 Å². The van der Waals surface area contributed by atoms with E-state index in [0.29, 0.717) is 32.1 Å². The van der Waals surface area contributed by atoms with E-state index < -0.39 is 5.91 Å². The zero-order chi connectivity index (χ0) is 24.5. The van der Waals surface area contributed by atoms with Gasteiger partial charge < -0.3 is 9.88 Å². The van der Waals surface area contributed by atoms with Crippen LogP contribution in [0.4, 0.5) is 0 Å². The normalized spacial score (nSPS) is 15.8. The fourth-order valence-electron chi connectivity index (χ4n) is 3.73. The van der Waals surface area contributed by atoms with Crippen LogP contribution in [0.2, 0.25) is 15.1 Å². The lowest BCUT2D eigenvalue weighted by Gasteiger charge is -2.08. The molecule has 4 aromatic rings. The first-order valence-electron chi connectivity index (χ1n) is 10.5. The summed E-state index contributed by atoms with van der Waals surface area (Å²) in [7, 11) is 0. The zero-order valence-corrected chi connectivity index (χ0v) is 21.1. The Morgan fingerprint density at radius 3 is 2.51 bits per heavy atom. The van der Waals surface area contributed by atoms with Gasteiger partial charge in [-0.2, -0.15) is 4.99 Å². The average Bonchev–Trinajstić information content (AvgIpc) is 3.36. The molecule has 1 aliphatic heterocycles. The van der Waals surface area contributed by atoms with Crippen molar-refractivity contribution in [2.24, 2.45) is 4.99 Å². The highest BCUT2D eigenvalue weighted by Gasteiger charge is 2.25. The number of aliphatic imine (C=N–C) groups is 1. The maximum absolute atomic E-state index is 12.6. The van der Waals surface area contributed by atoms with Crippen molar-refractivity contribution < 1.29 is 9.59 Å². The highest BCUT2D eigenvalue weighted by Crippen LogP contribution is 2.31. The number of thioether (sulfide) groups is 1. The number of rotatable bonds is 4. The number of aromatic nitrogens is 1. The Morgan fingerprint density at radius 2 is 1.74 bits per heavy atom. The molecule has 0 atom stereocenters. The topological polar surface area (TPSA) is 63.5 Å². The lowest BCUT2D eigenvalue weighted by molar-refractivity contribution is -0.115. The van der Waals surface area contributed by atoms with Gasteiger partial charge in [0, 0.05) is 49.8 Å². The Morgan fingerprint density at radius 1 is 1.00 bits per heavy atom. The fraction of sp³-hybridized carbons (Fsp3) is 0.0385. The minimum atomic E-state index is -0.456. The van der Waals surface area contributed by atoms with Crippen LogP contribution in [0.5, 0.6) is 0 Å². The molecule has 3 aromatic carbocycles. The summed E-state index contributed by atoms with van der Waals surface area (Å²) in [6, 6.07) is 19.8. The molecule has 174 valence electrons. The van der Waals surface area contributed by atoms with Crippen molar-refractivity contribution >= 4 is 80.5 Å². The molecule has 5 nitrogen and oxygen atoms in total. The Hall–Kier alpha value is -3.03. The minimum absolute atomic E-state index is 0.234. The van der Waals surface area contributed by atoms with Gasteiger partial charge in [0.25, 0.3) is 11.8 Å². The molecule has 1 aliphatic rings. The second-order valence-corrected chi connectivity index (χ2v) is 10.1. The van der Waals surface area contributed by atoms with Crippen molar-refractivity contribution in [3.8, 4) is 0 Å². The lowest BCUT2D eigenvalue weighted by Crippen LogP contribution is -2.20. The molecule has 5 rings (SSSR count). The second kappa shape index (κ2) is 9.91. The Balaban J connectivity index is 1.44. The molecule has 0 spiro atoms. The quantitative estimate of drug-likeness (QED) is 0.282. The van der Waals surface area contributed by atoms with Crippen LogP contribution in [0.15, 0.2) is 82.8 Å². The summed E-state index contributed by atoms with van der Waals surface area (Å²) >= 11 is 19.4. The predicted octanol–water partition coefficient (Wildman–Crippen LogP) is 7.05. The Kier molecular flexibility index (Phi) is 6.71. The van der Waals surface area contributed by atoms with Crippen LogP contribution < -0.4 is 5.32 Å². The van der Waals surface area contributed by atoms with Crippen LogP contribution in [-0.2, 0) is 11.3 Å². The van der Waals surface area contributed by atoms with Gasteiger partial charge in [-0.05, 0) is 65.9 Å². The van der Waals surface area contributed by atoms with E-state index in [-0.39, 0.29) is 11.1 Å². The molecule has 0 radical (unpaired) electrons. The smallest absolute Gasteiger partial charge is 0.279 e. The number of benzene rings is 3. The maximum atomic E-state index is 12.6. The van der Waals surface area contributed by atoms with Gasteiger partial charge in [-0.3, -0.25) is 9.59 Å². The number of hydrogen-bond acceptors (Lipinski definition) is 3. The minimum Gasteiger partial charge on any atom is -0.342 e. The number of fused-ring (bicyclic) bond motifs is 1. The number of amides is 2. The SMILES string of the molecule is O=C1NC(=NC(=O)c2ccc(Cl)cc2)S/C1=C\c1cn(Cc2ccc(Cl)cc2Cl)c2ccccc12. The van der Waals surface area contributed by atoms with Crippen LogP contribution in [0.1, 0.15) is 21.5 Å². The summed E-state index contributed by atoms with van der Waals surface area (Å²) in [5, 5.41) is 5.59. The second-order valence-electron chi connectivity index (χ2n) is 7.76. The summed E-state index contributed by atoms with van der Waals surface area (Å²) in [4.78, 5) is 29.6. The third-order valence-electron chi connectivity index (χ3n) is 5.41. The maximum Gasteiger partial charge on any atom is 0.279 e. The fourth-order valence-corrected chi connectivity index (χ4v) is 5.13. The van der Waals surface area contributed by atoms with Gasteiger partial charge in [-0.25, -0.2) is 0 Å². The molecular formula is C26H16Cl3N3O2S. The highest BCUT2D eigenvalue weighted by atomic mass is 35.5. The van der Waals surface area contributed by atoms with Gasteiger partial charge >= 0.3 is 0 Å². The van der Waals surface area contributed by atoms with Crippen LogP contribution >= 0.6 is 46.6 Å². The van der Waals surface area contributed by atoms with Gasteiger partial charge in [0.1, 0.15) is 0 Å². The monoisotopic (exact) mass is 539 g/mol. The standard InChI is InChI=1S/C26H16Cl3N3O2S/c27-18-8-5-15(6-9-18)24(33)30-26-31-25(34)23(35-26)11-17-14-32(22-4-2-1-3-20(17)22)13-16-7-10-19(28)12-21(16)29/h1-12,14H,13H2,(H,30,31,33,34)/b23-11-. The lowest BCUT2D eigenvalue weighted by atomic mass is 10.1. The molecule has 0 unspecified atom stereocenters. The van der Waals surface area contributed by atoms with E-state index in [1.807, 2.05) is 42.6 Å². The van der Waals surface area contributed by atoms with Crippen molar-refractivity contribution in [3.63, 3.8) is 0 Å². The van der Waals surface area contributed by atoms with Gasteiger partial charge in [-0.15, -0.1) is 0 Å². The predicted molar refractivity (Wildman–Crippen MR) is 144 cm³/mol. The number of nitrogens with one attached hydrogen (secondary N) is 1. The molecule has 2 amide bonds. The van der Waals surface area contributed by atoms with Crippen molar-refractivity contribution in [1.29, 1.82) is 0 Å². The summed E-state index contributed by atoms with van der Waals surface area (Å²) in [5.41, 5.74) is 3.19. The van der Waals surface area contributed by atoms with Gasteiger partial charge in [0.15, 0.2) is 5.17 Å². The number of carbonyl (C=O) groups is 2. The van der Waals surface area contributed by atoms with E-state index in [2.05, 4.69) is 14.9 Å². The first-order chi connectivity index (χ1) is 16.9. The molecule has 0 saturated carbocycles. The number of amidine groups is 1. The third kappa shape index (κ3) is 5.16. The van der Waals surface area contributed by atoms with E-state index in [0.717, 1.165) is 33.8 Å². The number of nitrogens with zero attached hydrogens (tertiary/aromatic N) is 2. The van der Waals surface area contributed by atoms with Gasteiger partial charge in [0.05, 0.1) is 4.91 Å². The van der Waals surface area contributed by atoms with E-state index >= 15 is 0 Å². The molecule has 35 heavy (non-hydrogen) atoms. The Labute approximate surface area is 220 Å². The van der Waals surface area contributed by atoms with E-state index in [1.54, 1.807) is 36.4 Å². The van der Waals surface area contributed by atoms with Crippen molar-refractivity contribution in [1.82, 2.24) is 9.88 Å². The molecule has 2 heterocycles. The number of hydrogen-bond donors (Lipinski definition) is 1. The van der Waals surface area contributed by atoms with E-state index in [4.69, 9.17) is 34.8 Å². The third-order valence-corrected chi connectivity index (χ3v) is 7.16. The number of halogens is 3. The van der Waals surface area contributed by atoms with Crippen molar-refractivity contribution in [3.05, 3.63) is 110 Å². The molecule has 1 saturated heterocycles. The number of carbonyl (C=O) groups excluding carboxylic acids is 2. The molecule has 1 N–H and O–H groups in total. The van der Waals surface area contributed by atoms with Gasteiger partial charge in [0.2, 0.25) is 0 Å².